The van der Waals surface area contributed by atoms with E-state index in [9.17, 15) is 0 Å². The highest BCUT2D eigenvalue weighted by Gasteiger charge is 2.17. The van der Waals surface area contributed by atoms with E-state index < -0.39 is 0 Å². The topological polar surface area (TPSA) is 12.0 Å². The van der Waals surface area contributed by atoms with Crippen LogP contribution in [-0.2, 0) is 0 Å². The lowest BCUT2D eigenvalue weighted by Gasteiger charge is -2.28. The first-order valence-corrected chi connectivity index (χ1v) is 4.80. The summed E-state index contributed by atoms with van der Waals surface area (Å²) in [7, 11) is 0. The molecule has 1 aliphatic rings. The highest BCUT2D eigenvalue weighted by molar-refractivity contribution is 5.52. The van der Waals surface area contributed by atoms with Crippen LogP contribution < -0.4 is 5.32 Å². The summed E-state index contributed by atoms with van der Waals surface area (Å²) in [6.07, 6.45) is 2.28. The lowest BCUT2D eigenvalue weighted by Crippen LogP contribution is -2.42. The normalized spacial score (nSPS) is 18.4. The maximum absolute atomic E-state index is 3.29. The average Bonchev–Trinajstić information content (AvgIpc) is 2.02. The minimum Gasteiger partial charge on any atom is -0.315 e. The fourth-order valence-electron chi connectivity index (χ4n) is 1.54. The summed E-state index contributed by atoms with van der Waals surface area (Å²) in [6.45, 7) is 4.52. The van der Waals surface area contributed by atoms with Crippen molar-refractivity contribution < 1.29 is 0 Å². The zero-order valence-electron chi connectivity index (χ0n) is 7.96. The van der Waals surface area contributed by atoms with Crippen molar-refractivity contribution >= 4 is 6.08 Å². The molecule has 13 heavy (non-hydrogen) atoms. The molecule has 1 heteroatoms. The molecule has 1 nitrogen and oxygen atoms in total. The van der Waals surface area contributed by atoms with E-state index in [1.807, 2.05) is 0 Å². The highest BCUT2D eigenvalue weighted by atomic mass is 14.9. The van der Waals surface area contributed by atoms with Crippen LogP contribution in [0, 0.1) is 5.92 Å². The maximum atomic E-state index is 3.29. The van der Waals surface area contributed by atoms with Gasteiger partial charge in [0.25, 0.3) is 0 Å². The largest absolute Gasteiger partial charge is 0.315 e. The van der Waals surface area contributed by atoms with Crippen LogP contribution in [0.2, 0.25) is 0 Å². The smallest absolute Gasteiger partial charge is 0.00479 e. The van der Waals surface area contributed by atoms with Gasteiger partial charge >= 0.3 is 0 Å². The second kappa shape index (κ2) is 3.75. The Kier molecular flexibility index (Phi) is 2.46. The molecule has 1 saturated heterocycles. The predicted octanol–water partition coefficient (Wildman–Crippen LogP) is 2.31. The summed E-state index contributed by atoms with van der Waals surface area (Å²) in [5.74, 6) is 0.764. The molecule has 0 amide bonds. The summed E-state index contributed by atoms with van der Waals surface area (Å²) in [4.78, 5) is 0. The second-order valence-electron chi connectivity index (χ2n) is 3.65. The number of hydrogen-bond donors (Lipinski definition) is 1. The zero-order valence-corrected chi connectivity index (χ0v) is 7.96. The van der Waals surface area contributed by atoms with Gasteiger partial charge < -0.3 is 5.32 Å². The third-order valence-corrected chi connectivity index (χ3v) is 2.62. The van der Waals surface area contributed by atoms with Crippen molar-refractivity contribution in [3.8, 4) is 0 Å². The maximum Gasteiger partial charge on any atom is 0.00479 e. The second-order valence-corrected chi connectivity index (χ2v) is 3.65. The van der Waals surface area contributed by atoms with Gasteiger partial charge in [0, 0.05) is 19.0 Å². The van der Waals surface area contributed by atoms with Crippen molar-refractivity contribution in [1.82, 2.24) is 5.32 Å². The van der Waals surface area contributed by atoms with Crippen LogP contribution in [0.25, 0.3) is 6.08 Å². The van der Waals surface area contributed by atoms with Crippen molar-refractivity contribution in [3.63, 3.8) is 0 Å². The van der Waals surface area contributed by atoms with Crippen LogP contribution in [0.15, 0.2) is 35.9 Å². The summed E-state index contributed by atoms with van der Waals surface area (Å²) in [6, 6.07) is 10.5. The minimum absolute atomic E-state index is 0.764. The number of rotatable bonds is 2. The van der Waals surface area contributed by atoms with Crippen molar-refractivity contribution in [2.45, 2.75) is 6.92 Å². The van der Waals surface area contributed by atoms with Crippen molar-refractivity contribution in [2.75, 3.05) is 13.1 Å². The Hall–Kier alpha value is -1.08. The summed E-state index contributed by atoms with van der Waals surface area (Å²) < 4.78 is 0. The molecule has 1 aromatic carbocycles. The third kappa shape index (κ3) is 1.99. The predicted molar refractivity (Wildman–Crippen MR) is 56.5 cm³/mol. The molecule has 0 unspecified atom stereocenters. The van der Waals surface area contributed by atoms with Gasteiger partial charge in [-0.25, -0.2) is 0 Å². The number of nitrogens with one attached hydrogen (secondary N) is 1. The SMILES string of the molecule is C/C(=C/c1ccccc1)C1CNC1. The van der Waals surface area contributed by atoms with Crippen LogP contribution in [0.3, 0.4) is 0 Å². The van der Waals surface area contributed by atoms with E-state index in [0.717, 1.165) is 19.0 Å². The van der Waals surface area contributed by atoms with E-state index in [-0.39, 0.29) is 0 Å². The molecule has 0 aromatic heterocycles. The Balaban J connectivity index is 2.10. The minimum atomic E-state index is 0.764. The molecule has 2 rings (SSSR count). The first-order valence-electron chi connectivity index (χ1n) is 4.80. The van der Waals surface area contributed by atoms with E-state index in [1.54, 1.807) is 0 Å². The van der Waals surface area contributed by atoms with Crippen LogP contribution in [-0.4, -0.2) is 13.1 Å². The van der Waals surface area contributed by atoms with E-state index in [4.69, 9.17) is 0 Å². The standard InChI is InChI=1S/C12H15N/c1-10(12-8-13-9-12)7-11-5-3-2-4-6-11/h2-7,12-13H,8-9H2,1H3/b10-7-. The van der Waals surface area contributed by atoms with Gasteiger partial charge in [0.05, 0.1) is 0 Å². The van der Waals surface area contributed by atoms with Crippen LogP contribution in [0.4, 0.5) is 0 Å². The zero-order chi connectivity index (χ0) is 9.10. The number of benzene rings is 1. The molecule has 0 bridgehead atoms. The van der Waals surface area contributed by atoms with Crippen molar-refractivity contribution in [1.29, 1.82) is 0 Å². The van der Waals surface area contributed by atoms with Gasteiger partial charge in [-0.1, -0.05) is 42.0 Å². The van der Waals surface area contributed by atoms with Crippen LogP contribution in [0.5, 0.6) is 0 Å². The van der Waals surface area contributed by atoms with E-state index in [1.165, 1.54) is 11.1 Å². The first-order chi connectivity index (χ1) is 6.36. The highest BCUT2D eigenvalue weighted by Crippen LogP contribution is 2.17. The molecule has 0 spiro atoms. The van der Waals surface area contributed by atoms with Gasteiger partial charge in [0.1, 0.15) is 0 Å². The third-order valence-electron chi connectivity index (χ3n) is 2.62. The summed E-state index contributed by atoms with van der Waals surface area (Å²) >= 11 is 0. The quantitative estimate of drug-likeness (QED) is 0.723. The van der Waals surface area contributed by atoms with Gasteiger partial charge in [0.15, 0.2) is 0 Å². The van der Waals surface area contributed by atoms with E-state index >= 15 is 0 Å². The van der Waals surface area contributed by atoms with Gasteiger partial charge in [0.2, 0.25) is 0 Å². The van der Waals surface area contributed by atoms with E-state index in [0.29, 0.717) is 0 Å². The fourth-order valence-corrected chi connectivity index (χ4v) is 1.54. The van der Waals surface area contributed by atoms with Crippen molar-refractivity contribution in [3.05, 3.63) is 41.5 Å². The molecular weight excluding hydrogens is 158 g/mol. The molecular formula is C12H15N. The summed E-state index contributed by atoms with van der Waals surface area (Å²) in [5.41, 5.74) is 2.80. The Morgan fingerprint density at radius 2 is 2.00 bits per heavy atom. The molecule has 0 radical (unpaired) electrons. The molecule has 68 valence electrons. The molecule has 1 aromatic rings. The van der Waals surface area contributed by atoms with Crippen molar-refractivity contribution in [2.24, 2.45) is 5.92 Å². The summed E-state index contributed by atoms with van der Waals surface area (Å²) in [5, 5.41) is 3.29. The van der Waals surface area contributed by atoms with Gasteiger partial charge in [-0.3, -0.25) is 0 Å². The molecule has 0 atom stereocenters. The molecule has 1 heterocycles. The molecule has 0 aliphatic carbocycles. The lowest BCUT2D eigenvalue weighted by atomic mass is 9.93. The van der Waals surface area contributed by atoms with Gasteiger partial charge in [-0.05, 0) is 12.5 Å². The van der Waals surface area contributed by atoms with Gasteiger partial charge in [-0.2, -0.15) is 0 Å². The lowest BCUT2D eigenvalue weighted by molar-refractivity contribution is 0.401. The van der Waals surface area contributed by atoms with Crippen LogP contribution >= 0.6 is 0 Å². The first kappa shape index (κ1) is 8.52. The average molecular weight is 173 g/mol. The van der Waals surface area contributed by atoms with Gasteiger partial charge in [-0.15, -0.1) is 0 Å². The number of hydrogen-bond acceptors (Lipinski definition) is 1. The van der Waals surface area contributed by atoms with E-state index in [2.05, 4.69) is 48.6 Å². The Morgan fingerprint density at radius 3 is 2.54 bits per heavy atom. The molecule has 1 fully saturated rings. The molecule has 0 saturated carbocycles. The Morgan fingerprint density at radius 1 is 1.31 bits per heavy atom. The Labute approximate surface area is 79.5 Å². The molecule has 1 aliphatic heterocycles. The monoisotopic (exact) mass is 173 g/mol. The fraction of sp³-hybridized carbons (Fsp3) is 0.333. The Bertz CT molecular complexity index is 296. The molecule has 1 N–H and O–H groups in total. The van der Waals surface area contributed by atoms with Crippen LogP contribution in [0.1, 0.15) is 12.5 Å².